The standard InChI is InChI=1S/C54H34N6/c1-54-42-22-12-11-21-40(42)50-48(54)47-45(59(50)38-19-9-4-10-20-38)28-25-39-41-30-35(37-18-13-29-55-32-37)24-27-44(41)60(49(39)47)46-31-36(23-26-43(46)54)53-57-51(33-14-5-2-6-15-33)56-52(58-53)34-16-7-3-8-17-34/h2-32H,1H3. The molecule has 11 aromatic rings. The average Bonchev–Trinajstić information content (AvgIpc) is 3.91. The summed E-state index contributed by atoms with van der Waals surface area (Å²) < 4.78 is 5.02. The maximum Gasteiger partial charge on any atom is 0.164 e. The summed E-state index contributed by atoms with van der Waals surface area (Å²) in [6.45, 7) is 2.43. The molecule has 5 heterocycles. The first-order valence-electron chi connectivity index (χ1n) is 20.4. The van der Waals surface area contributed by atoms with E-state index in [1.54, 1.807) is 0 Å². The van der Waals surface area contributed by atoms with Crippen LogP contribution < -0.4 is 0 Å². The fraction of sp³-hybridized carbons (Fsp3) is 0.0370. The summed E-state index contributed by atoms with van der Waals surface area (Å²) in [5.41, 5.74) is 16.8. The lowest BCUT2D eigenvalue weighted by Crippen LogP contribution is -2.23. The zero-order chi connectivity index (χ0) is 39.5. The minimum absolute atomic E-state index is 0.475. The molecule has 280 valence electrons. The van der Waals surface area contributed by atoms with Crippen LogP contribution in [0.2, 0.25) is 0 Å². The Morgan fingerprint density at radius 3 is 1.82 bits per heavy atom. The van der Waals surface area contributed by atoms with Gasteiger partial charge in [0.1, 0.15) is 0 Å². The van der Waals surface area contributed by atoms with Crippen LogP contribution >= 0.6 is 0 Å². The smallest absolute Gasteiger partial charge is 0.164 e. The van der Waals surface area contributed by atoms with Gasteiger partial charge in [0.05, 0.1) is 27.9 Å². The van der Waals surface area contributed by atoms with Crippen molar-refractivity contribution in [3.05, 3.63) is 205 Å². The fourth-order valence-electron chi connectivity index (χ4n) is 10.2. The third-order valence-electron chi connectivity index (χ3n) is 12.8. The van der Waals surface area contributed by atoms with E-state index in [2.05, 4.69) is 155 Å². The summed E-state index contributed by atoms with van der Waals surface area (Å²) in [4.78, 5) is 19.9. The van der Waals surface area contributed by atoms with Gasteiger partial charge in [-0.1, -0.05) is 133 Å². The normalized spacial score (nSPS) is 14.8. The molecule has 1 aliphatic carbocycles. The van der Waals surface area contributed by atoms with Gasteiger partial charge in [0.25, 0.3) is 0 Å². The third-order valence-corrected chi connectivity index (χ3v) is 12.8. The lowest BCUT2D eigenvalue weighted by molar-refractivity contribution is 0.718. The maximum atomic E-state index is 5.19. The monoisotopic (exact) mass is 766 g/mol. The van der Waals surface area contributed by atoms with Gasteiger partial charge in [0.2, 0.25) is 0 Å². The third kappa shape index (κ3) is 4.47. The predicted molar refractivity (Wildman–Crippen MR) is 242 cm³/mol. The van der Waals surface area contributed by atoms with E-state index in [1.165, 1.54) is 55.1 Å². The van der Waals surface area contributed by atoms with Crippen LogP contribution in [-0.2, 0) is 5.41 Å². The first-order valence-corrected chi connectivity index (χ1v) is 20.4. The Balaban J connectivity index is 1.17. The summed E-state index contributed by atoms with van der Waals surface area (Å²) >= 11 is 0. The molecule has 7 aromatic carbocycles. The molecule has 1 atom stereocenters. The van der Waals surface area contributed by atoms with Crippen molar-refractivity contribution >= 4 is 32.7 Å². The van der Waals surface area contributed by atoms with E-state index < -0.39 is 5.41 Å². The molecule has 2 aliphatic rings. The van der Waals surface area contributed by atoms with E-state index in [0.717, 1.165) is 44.7 Å². The van der Waals surface area contributed by atoms with Crippen LogP contribution in [0.3, 0.4) is 0 Å². The van der Waals surface area contributed by atoms with E-state index >= 15 is 0 Å². The van der Waals surface area contributed by atoms with Gasteiger partial charge in [-0.3, -0.25) is 4.98 Å². The molecule has 6 nitrogen and oxygen atoms in total. The largest absolute Gasteiger partial charge is 0.309 e. The highest BCUT2D eigenvalue weighted by molar-refractivity contribution is 6.23. The second-order valence-electron chi connectivity index (χ2n) is 16.0. The average molecular weight is 767 g/mol. The van der Waals surface area contributed by atoms with Crippen molar-refractivity contribution in [1.29, 1.82) is 0 Å². The van der Waals surface area contributed by atoms with Crippen molar-refractivity contribution in [3.8, 4) is 67.9 Å². The topological polar surface area (TPSA) is 61.4 Å². The highest BCUT2D eigenvalue weighted by Crippen LogP contribution is 2.61. The van der Waals surface area contributed by atoms with Gasteiger partial charge in [-0.15, -0.1) is 0 Å². The molecule has 0 saturated heterocycles. The van der Waals surface area contributed by atoms with Crippen molar-refractivity contribution in [2.75, 3.05) is 0 Å². The molecule has 0 radical (unpaired) electrons. The summed E-state index contributed by atoms with van der Waals surface area (Å²) in [5, 5.41) is 3.69. The summed E-state index contributed by atoms with van der Waals surface area (Å²) in [5.74, 6) is 1.91. The molecule has 0 amide bonds. The Morgan fingerprint density at radius 1 is 0.467 bits per heavy atom. The molecule has 0 fully saturated rings. The van der Waals surface area contributed by atoms with Gasteiger partial charge in [0, 0.05) is 73.0 Å². The Labute approximate surface area is 345 Å². The molecule has 60 heavy (non-hydrogen) atoms. The van der Waals surface area contributed by atoms with Gasteiger partial charge in [-0.2, -0.15) is 0 Å². The molecule has 0 saturated carbocycles. The lowest BCUT2D eigenvalue weighted by atomic mass is 9.73. The Morgan fingerprint density at radius 2 is 1.10 bits per heavy atom. The van der Waals surface area contributed by atoms with Crippen molar-refractivity contribution in [2.24, 2.45) is 0 Å². The van der Waals surface area contributed by atoms with E-state index in [0.29, 0.717) is 17.5 Å². The molecule has 0 N–H and O–H groups in total. The highest BCUT2D eigenvalue weighted by atomic mass is 15.1. The molecule has 4 aromatic heterocycles. The molecule has 6 heteroatoms. The zero-order valence-corrected chi connectivity index (χ0v) is 32.6. The number of para-hydroxylation sites is 1. The lowest BCUT2D eigenvalue weighted by Gasteiger charge is -2.29. The van der Waals surface area contributed by atoms with Crippen LogP contribution in [0.1, 0.15) is 23.6 Å². The van der Waals surface area contributed by atoms with E-state index in [4.69, 9.17) is 15.0 Å². The molecule has 1 unspecified atom stereocenters. The molecule has 0 bridgehead atoms. The first kappa shape index (κ1) is 33.1. The summed E-state index contributed by atoms with van der Waals surface area (Å²) in [6.07, 6.45) is 3.77. The summed E-state index contributed by atoms with van der Waals surface area (Å²) in [6, 6.07) is 62.8. The fourth-order valence-corrected chi connectivity index (χ4v) is 10.2. The van der Waals surface area contributed by atoms with Crippen molar-refractivity contribution < 1.29 is 0 Å². The van der Waals surface area contributed by atoms with Crippen LogP contribution in [0.4, 0.5) is 0 Å². The van der Waals surface area contributed by atoms with Crippen LogP contribution in [-0.4, -0.2) is 29.1 Å². The highest BCUT2D eigenvalue weighted by Gasteiger charge is 2.48. The quantitative estimate of drug-likeness (QED) is 0.175. The second-order valence-corrected chi connectivity index (χ2v) is 16.0. The van der Waals surface area contributed by atoms with Crippen LogP contribution in [0.15, 0.2) is 188 Å². The Kier molecular flexibility index (Phi) is 6.76. The van der Waals surface area contributed by atoms with Crippen LogP contribution in [0, 0.1) is 0 Å². The number of pyridine rings is 1. The molecular weight excluding hydrogens is 733 g/mol. The number of fused-ring (bicyclic) bond motifs is 9. The van der Waals surface area contributed by atoms with Crippen LogP contribution in [0.5, 0.6) is 0 Å². The number of benzene rings is 7. The molecule has 13 rings (SSSR count). The Bertz CT molecular complexity index is 3480. The number of hydrogen-bond donors (Lipinski definition) is 0. The Hall–Kier alpha value is -7.96. The molecule has 0 spiro atoms. The zero-order valence-electron chi connectivity index (χ0n) is 32.6. The first-order chi connectivity index (χ1) is 29.6. The SMILES string of the molecule is CC12c3ccccc3-c3c1c1c(ccc4c5cc(-c6cccnc6)ccc5n(c41)-c1cc(-c4nc(-c5ccccc5)nc(-c5ccccc5)n4)ccc12)n3-c1ccccc1. The predicted octanol–water partition coefficient (Wildman–Crippen LogP) is 12.6. The van der Waals surface area contributed by atoms with E-state index in [1.807, 2.05) is 54.9 Å². The van der Waals surface area contributed by atoms with Crippen molar-refractivity contribution in [2.45, 2.75) is 12.3 Å². The van der Waals surface area contributed by atoms with Crippen LogP contribution in [0.25, 0.3) is 101 Å². The molecular formula is C54H34N6. The molecule has 1 aliphatic heterocycles. The summed E-state index contributed by atoms with van der Waals surface area (Å²) in [7, 11) is 0. The maximum absolute atomic E-state index is 5.19. The van der Waals surface area contributed by atoms with Crippen molar-refractivity contribution in [1.82, 2.24) is 29.1 Å². The van der Waals surface area contributed by atoms with Gasteiger partial charge in [0.15, 0.2) is 17.5 Å². The van der Waals surface area contributed by atoms with Crippen molar-refractivity contribution in [3.63, 3.8) is 0 Å². The van der Waals surface area contributed by atoms with E-state index in [-0.39, 0.29) is 0 Å². The number of aromatic nitrogens is 6. The number of hydrogen-bond acceptors (Lipinski definition) is 4. The van der Waals surface area contributed by atoms with Gasteiger partial charge >= 0.3 is 0 Å². The van der Waals surface area contributed by atoms with Gasteiger partial charge in [-0.25, -0.2) is 15.0 Å². The van der Waals surface area contributed by atoms with Gasteiger partial charge in [-0.05, 0) is 66.1 Å². The second kappa shape index (κ2) is 12.3. The number of rotatable bonds is 5. The minimum Gasteiger partial charge on any atom is -0.309 e. The minimum atomic E-state index is -0.475. The van der Waals surface area contributed by atoms with Gasteiger partial charge < -0.3 is 9.13 Å². The van der Waals surface area contributed by atoms with E-state index in [9.17, 15) is 0 Å². The number of nitrogens with zero attached hydrogens (tertiary/aromatic N) is 6.